The van der Waals surface area contributed by atoms with Crippen molar-refractivity contribution in [2.75, 3.05) is 22.9 Å². The van der Waals surface area contributed by atoms with Gasteiger partial charge in [0.05, 0.1) is 40.3 Å². The number of carbonyl (C=O) groups is 2. The molecule has 6 rings (SSSR count). The fraction of sp³-hybridized carbons (Fsp3) is 0.294. The van der Waals surface area contributed by atoms with Gasteiger partial charge in [0.2, 0.25) is 5.91 Å². The lowest BCUT2D eigenvalue weighted by atomic mass is 9.94. The third-order valence-corrected chi connectivity index (χ3v) is 8.91. The van der Waals surface area contributed by atoms with Gasteiger partial charge in [0, 0.05) is 24.2 Å². The summed E-state index contributed by atoms with van der Waals surface area (Å²) in [6.45, 7) is 6.00. The number of anilines is 2. The number of hydrogen-bond donors (Lipinski definition) is 1. The summed E-state index contributed by atoms with van der Waals surface area (Å²) in [5.74, 6) is -6.94. The van der Waals surface area contributed by atoms with E-state index in [1.165, 1.54) is 22.1 Å². The molecule has 1 saturated heterocycles. The van der Waals surface area contributed by atoms with Gasteiger partial charge in [-0.2, -0.15) is 8.78 Å². The second-order valence-corrected chi connectivity index (χ2v) is 12.1. The van der Waals surface area contributed by atoms with E-state index in [-0.39, 0.29) is 40.4 Å². The molecular weight excluding hydrogens is 637 g/mol. The van der Waals surface area contributed by atoms with Gasteiger partial charge in [-0.15, -0.1) is 0 Å². The summed E-state index contributed by atoms with van der Waals surface area (Å²) < 4.78 is 79.2. The Morgan fingerprint density at radius 3 is 2.38 bits per heavy atom. The van der Waals surface area contributed by atoms with Crippen LogP contribution in [0.2, 0.25) is 0 Å². The van der Waals surface area contributed by atoms with Crippen molar-refractivity contribution in [2.45, 2.75) is 52.2 Å². The van der Waals surface area contributed by atoms with Gasteiger partial charge >= 0.3 is 6.55 Å². The Hall–Kier alpha value is -5.27. The quantitative estimate of drug-likeness (QED) is 0.165. The molecule has 2 aliphatic heterocycles. The molecule has 2 aromatic carbocycles. The molecule has 0 radical (unpaired) electrons. The summed E-state index contributed by atoms with van der Waals surface area (Å²) in [4.78, 5) is 48.1. The van der Waals surface area contributed by atoms with Gasteiger partial charge in [-0.25, -0.2) is 18.1 Å². The molecule has 0 aliphatic carbocycles. The third-order valence-electron chi connectivity index (χ3n) is 8.91. The molecule has 14 heteroatoms. The van der Waals surface area contributed by atoms with Crippen LogP contribution in [0.4, 0.5) is 33.3 Å². The molecule has 1 fully saturated rings. The molecule has 9 nitrogen and oxygen atoms in total. The molecule has 0 bridgehead atoms. The molecule has 0 saturated carbocycles. The van der Waals surface area contributed by atoms with Gasteiger partial charge in [-0.05, 0) is 55.7 Å². The normalized spacial score (nSPS) is 17.7. The van der Waals surface area contributed by atoms with Gasteiger partial charge in [0.25, 0.3) is 11.5 Å². The number of fused-ring (bicyclic) bond motifs is 5. The number of piperazine rings is 1. The number of halogens is 5. The predicted octanol–water partition coefficient (Wildman–Crippen LogP) is 5.77. The van der Waals surface area contributed by atoms with Gasteiger partial charge in [0.15, 0.2) is 5.82 Å². The highest BCUT2D eigenvalue weighted by molar-refractivity contribution is 6.13. The first-order valence-electron chi connectivity index (χ1n) is 15.1. The number of phenols is 1. The Morgan fingerprint density at radius 2 is 1.75 bits per heavy atom. The fourth-order valence-electron chi connectivity index (χ4n) is 6.76. The van der Waals surface area contributed by atoms with E-state index in [4.69, 9.17) is 0 Å². The van der Waals surface area contributed by atoms with Crippen LogP contribution in [-0.2, 0) is 9.59 Å². The lowest BCUT2D eigenvalue weighted by molar-refractivity contribution is -0.131. The van der Waals surface area contributed by atoms with Crippen LogP contribution in [0, 0.1) is 24.4 Å². The first-order chi connectivity index (χ1) is 22.7. The Morgan fingerprint density at radius 1 is 1.04 bits per heavy atom. The van der Waals surface area contributed by atoms with Crippen LogP contribution in [0.15, 0.2) is 54.0 Å². The van der Waals surface area contributed by atoms with E-state index in [0.29, 0.717) is 5.56 Å². The Balaban J connectivity index is 1.83. The molecule has 0 spiro atoms. The average molecular weight is 668 g/mol. The minimum absolute atomic E-state index is 0.00179. The summed E-state index contributed by atoms with van der Waals surface area (Å²) in [7, 11) is 0. The van der Waals surface area contributed by atoms with E-state index in [2.05, 4.69) is 11.6 Å². The number of carbonyl (C=O) groups excluding carboxylic acids is 2. The molecule has 250 valence electrons. The van der Waals surface area contributed by atoms with Crippen LogP contribution in [0.3, 0.4) is 0 Å². The number of alkyl halides is 2. The maximum absolute atomic E-state index is 17.2. The van der Waals surface area contributed by atoms with E-state index < -0.39 is 87.5 Å². The van der Waals surface area contributed by atoms with Crippen molar-refractivity contribution in [1.82, 2.24) is 14.5 Å². The summed E-state index contributed by atoms with van der Waals surface area (Å²) in [6.07, 6.45) is 2.46. The monoisotopic (exact) mass is 667 g/mol. The predicted molar refractivity (Wildman–Crippen MR) is 169 cm³/mol. The molecule has 2 aliphatic rings. The number of phenolic OH excluding ortho intramolecular Hbond substituents is 1. The third kappa shape index (κ3) is 4.72. The zero-order chi connectivity index (χ0) is 34.9. The van der Waals surface area contributed by atoms with Crippen LogP contribution in [-0.4, -0.2) is 63.1 Å². The van der Waals surface area contributed by atoms with Crippen LogP contribution in [0.25, 0.3) is 27.7 Å². The highest BCUT2D eigenvalue weighted by atomic mass is 19.3. The van der Waals surface area contributed by atoms with Gasteiger partial charge in [-0.1, -0.05) is 26.5 Å². The molecule has 2 unspecified atom stereocenters. The van der Waals surface area contributed by atoms with Crippen LogP contribution < -0.4 is 15.4 Å². The van der Waals surface area contributed by atoms with E-state index in [1.54, 1.807) is 27.7 Å². The van der Waals surface area contributed by atoms with Crippen molar-refractivity contribution < 1.29 is 36.6 Å². The molecule has 4 aromatic rings. The Labute approximate surface area is 271 Å². The Bertz CT molecular complexity index is 2080. The standard InChI is InChI=1S/C34H30F5N5O4/c1-6-23(46)41-14-21-32(47)44(34(38)39)31-30(42(21)13-17(41)5)18-12-20(36)25(24-19(35)8-7-9-22(24)45)26(37)29(18)43(33(31)48)28-16(4)10-11-40-27(28)15(2)3/h6-12,15,17,21,34,45H,1,13-14H2,2-5H3. The van der Waals surface area contributed by atoms with Crippen molar-refractivity contribution in [3.05, 3.63) is 88.2 Å². The number of hydrogen-bond acceptors (Lipinski definition) is 6. The van der Waals surface area contributed by atoms with Crippen LogP contribution in [0.5, 0.6) is 5.75 Å². The second kappa shape index (κ2) is 11.8. The molecule has 4 heterocycles. The maximum atomic E-state index is 17.2. The Kier molecular flexibility index (Phi) is 8.00. The van der Waals surface area contributed by atoms with Crippen molar-refractivity contribution in [3.8, 4) is 22.6 Å². The molecule has 48 heavy (non-hydrogen) atoms. The summed E-state index contributed by atoms with van der Waals surface area (Å²) >= 11 is 0. The number of aromatic nitrogens is 2. The number of benzene rings is 2. The van der Waals surface area contributed by atoms with Gasteiger partial charge < -0.3 is 14.9 Å². The zero-order valence-corrected chi connectivity index (χ0v) is 26.3. The topological polar surface area (TPSA) is 99.0 Å². The van der Waals surface area contributed by atoms with Crippen molar-refractivity contribution in [3.63, 3.8) is 0 Å². The van der Waals surface area contributed by atoms with E-state index in [9.17, 15) is 28.3 Å². The molecule has 1 N–H and O–H groups in total. The number of rotatable bonds is 5. The molecular formula is C34H30F5N5O4. The van der Waals surface area contributed by atoms with E-state index in [0.717, 1.165) is 34.9 Å². The van der Waals surface area contributed by atoms with Crippen LogP contribution in [0.1, 0.15) is 37.9 Å². The minimum Gasteiger partial charge on any atom is -0.507 e. The largest absolute Gasteiger partial charge is 0.507 e. The summed E-state index contributed by atoms with van der Waals surface area (Å²) in [6, 6.07) is 3.23. The fourth-order valence-corrected chi connectivity index (χ4v) is 6.76. The van der Waals surface area contributed by atoms with Gasteiger partial charge in [-0.3, -0.25) is 23.9 Å². The van der Waals surface area contributed by atoms with Crippen molar-refractivity contribution in [2.24, 2.45) is 0 Å². The second-order valence-electron chi connectivity index (χ2n) is 12.1. The first kappa shape index (κ1) is 32.7. The average Bonchev–Trinajstić information content (AvgIpc) is 3.02. The summed E-state index contributed by atoms with van der Waals surface area (Å²) in [5.41, 5.74) is -4.23. The van der Waals surface area contributed by atoms with E-state index >= 15 is 13.2 Å². The van der Waals surface area contributed by atoms with Crippen LogP contribution >= 0.6 is 0 Å². The maximum Gasteiger partial charge on any atom is 0.321 e. The lowest BCUT2D eigenvalue weighted by Crippen LogP contribution is -2.67. The van der Waals surface area contributed by atoms with Crippen molar-refractivity contribution >= 4 is 34.1 Å². The number of amides is 2. The number of aryl methyl sites for hydroxylation is 1. The minimum atomic E-state index is -3.57. The van der Waals surface area contributed by atoms with E-state index in [1.807, 2.05) is 0 Å². The molecule has 2 aromatic heterocycles. The highest BCUT2D eigenvalue weighted by Crippen LogP contribution is 2.47. The SMILES string of the molecule is C=CC(=O)N1CC2C(=O)N(C(F)F)c3c(c4cc(F)c(-c5c(O)cccc5F)c(F)c4n(-c4c(C)ccnc4C(C)C)c3=O)N2CC1C. The zero-order valence-electron chi connectivity index (χ0n) is 26.3. The highest BCUT2D eigenvalue weighted by Gasteiger charge is 2.49. The summed E-state index contributed by atoms with van der Waals surface area (Å²) in [5, 5.41) is 10.2. The lowest BCUT2D eigenvalue weighted by Gasteiger charge is -2.50. The van der Waals surface area contributed by atoms with Crippen molar-refractivity contribution in [1.29, 1.82) is 0 Å². The number of pyridine rings is 2. The smallest absolute Gasteiger partial charge is 0.321 e. The van der Waals surface area contributed by atoms with Gasteiger partial charge in [0.1, 0.15) is 29.1 Å². The number of aromatic hydroxyl groups is 1. The first-order valence-corrected chi connectivity index (χ1v) is 15.1. The molecule has 2 atom stereocenters. The molecule has 2 amide bonds. The number of nitrogens with zero attached hydrogens (tertiary/aromatic N) is 5.